The van der Waals surface area contributed by atoms with Crippen molar-refractivity contribution in [3.8, 4) is 0 Å². The first-order valence-corrected chi connectivity index (χ1v) is 9.06. The molecule has 0 radical (unpaired) electrons. The molecule has 2 aromatic carbocycles. The summed E-state index contributed by atoms with van der Waals surface area (Å²) in [6.07, 6.45) is 3.02. The average Bonchev–Trinajstić information content (AvgIpc) is 3.21. The number of hydrogen-bond acceptors (Lipinski definition) is 3. The van der Waals surface area contributed by atoms with Crippen LogP contribution in [0.5, 0.6) is 0 Å². The van der Waals surface area contributed by atoms with E-state index in [-0.39, 0.29) is 17.5 Å². The van der Waals surface area contributed by atoms with E-state index >= 15 is 0 Å². The van der Waals surface area contributed by atoms with Crippen molar-refractivity contribution in [3.63, 3.8) is 0 Å². The van der Waals surface area contributed by atoms with Crippen LogP contribution < -0.4 is 10.6 Å². The number of carbonyl (C=O) groups excluding carboxylic acids is 2. The lowest BCUT2D eigenvalue weighted by Gasteiger charge is -2.15. The standard InChI is InChI=1S/C23H22N2O3/c1-16(2)19-12-6-7-13-20(19)24-23(27)21(15-18-11-8-14-28-18)25-22(26)17-9-4-3-5-10-17/h3-16H,1-2H3,(H,24,27)(H,25,26)/b21-15-. The molecule has 5 heteroatoms. The van der Waals surface area contributed by atoms with Crippen LogP contribution in [-0.2, 0) is 4.79 Å². The molecule has 0 spiro atoms. The number of para-hydroxylation sites is 1. The summed E-state index contributed by atoms with van der Waals surface area (Å²) in [4.78, 5) is 25.5. The van der Waals surface area contributed by atoms with E-state index < -0.39 is 5.91 Å². The zero-order valence-electron chi connectivity index (χ0n) is 15.8. The molecule has 2 N–H and O–H groups in total. The van der Waals surface area contributed by atoms with Gasteiger partial charge in [0.05, 0.1) is 6.26 Å². The van der Waals surface area contributed by atoms with E-state index in [1.165, 1.54) is 12.3 Å². The third kappa shape index (κ3) is 4.76. The highest BCUT2D eigenvalue weighted by Crippen LogP contribution is 2.24. The van der Waals surface area contributed by atoms with Crippen molar-refractivity contribution in [2.24, 2.45) is 0 Å². The van der Waals surface area contributed by atoms with Gasteiger partial charge in [0.1, 0.15) is 11.5 Å². The fourth-order valence-corrected chi connectivity index (χ4v) is 2.76. The minimum absolute atomic E-state index is 0.0994. The summed E-state index contributed by atoms with van der Waals surface area (Å²) in [5, 5.41) is 5.59. The summed E-state index contributed by atoms with van der Waals surface area (Å²) in [5.74, 6) is -0.0805. The van der Waals surface area contributed by atoms with Crippen molar-refractivity contribution in [2.45, 2.75) is 19.8 Å². The van der Waals surface area contributed by atoms with E-state index in [2.05, 4.69) is 24.5 Å². The SMILES string of the molecule is CC(C)c1ccccc1NC(=O)/C(=C/c1ccco1)NC(=O)c1ccccc1. The van der Waals surface area contributed by atoms with Gasteiger partial charge in [0, 0.05) is 17.3 Å². The first kappa shape index (κ1) is 19.2. The van der Waals surface area contributed by atoms with Crippen molar-refractivity contribution in [3.05, 3.63) is 95.6 Å². The number of benzene rings is 2. The summed E-state index contributed by atoms with van der Waals surface area (Å²) >= 11 is 0. The topological polar surface area (TPSA) is 71.3 Å². The van der Waals surface area contributed by atoms with Crippen LogP contribution in [0.15, 0.2) is 83.1 Å². The molecular formula is C23H22N2O3. The number of hydrogen-bond donors (Lipinski definition) is 2. The third-order valence-electron chi connectivity index (χ3n) is 4.19. The van der Waals surface area contributed by atoms with Crippen molar-refractivity contribution >= 4 is 23.6 Å². The Bertz CT molecular complexity index is 974. The Hall–Kier alpha value is -3.60. The van der Waals surface area contributed by atoms with Gasteiger partial charge in [-0.25, -0.2) is 0 Å². The Balaban J connectivity index is 1.87. The predicted octanol–water partition coefficient (Wildman–Crippen LogP) is 4.81. The molecule has 0 saturated heterocycles. The zero-order chi connectivity index (χ0) is 19.9. The minimum atomic E-state index is -0.422. The highest BCUT2D eigenvalue weighted by atomic mass is 16.3. The third-order valence-corrected chi connectivity index (χ3v) is 4.19. The molecule has 0 aliphatic carbocycles. The Labute approximate surface area is 164 Å². The molecular weight excluding hydrogens is 352 g/mol. The number of amides is 2. The normalized spacial score (nSPS) is 11.3. The number of anilines is 1. The molecule has 3 rings (SSSR count). The van der Waals surface area contributed by atoms with E-state index in [0.717, 1.165) is 5.56 Å². The molecule has 0 aliphatic rings. The predicted molar refractivity (Wildman–Crippen MR) is 110 cm³/mol. The molecule has 142 valence electrons. The molecule has 3 aromatic rings. The zero-order valence-corrected chi connectivity index (χ0v) is 15.8. The minimum Gasteiger partial charge on any atom is -0.465 e. The molecule has 0 unspecified atom stereocenters. The van der Waals surface area contributed by atoms with Crippen molar-refractivity contribution in [1.29, 1.82) is 0 Å². The second-order valence-electron chi connectivity index (χ2n) is 6.59. The van der Waals surface area contributed by atoms with Gasteiger partial charge in [-0.3, -0.25) is 9.59 Å². The van der Waals surface area contributed by atoms with Crippen LogP contribution in [0.3, 0.4) is 0 Å². The molecule has 1 heterocycles. The molecule has 0 bridgehead atoms. The van der Waals surface area contributed by atoms with Gasteiger partial charge < -0.3 is 15.1 Å². The van der Waals surface area contributed by atoms with Gasteiger partial charge in [-0.15, -0.1) is 0 Å². The summed E-state index contributed by atoms with van der Waals surface area (Å²) in [7, 11) is 0. The van der Waals surface area contributed by atoms with Crippen LogP contribution in [0.4, 0.5) is 5.69 Å². The molecule has 2 amide bonds. The van der Waals surface area contributed by atoms with Crippen LogP contribution >= 0.6 is 0 Å². The van der Waals surface area contributed by atoms with Crippen LogP contribution in [0.1, 0.15) is 41.4 Å². The van der Waals surface area contributed by atoms with Gasteiger partial charge >= 0.3 is 0 Å². The Morgan fingerprint density at radius 2 is 1.64 bits per heavy atom. The van der Waals surface area contributed by atoms with Crippen LogP contribution in [0, 0.1) is 0 Å². The number of nitrogens with one attached hydrogen (secondary N) is 2. The van der Waals surface area contributed by atoms with Gasteiger partial charge in [0.15, 0.2) is 0 Å². The highest BCUT2D eigenvalue weighted by molar-refractivity contribution is 6.10. The van der Waals surface area contributed by atoms with Crippen LogP contribution in [-0.4, -0.2) is 11.8 Å². The average molecular weight is 374 g/mol. The fraction of sp³-hybridized carbons (Fsp3) is 0.130. The largest absolute Gasteiger partial charge is 0.465 e. The van der Waals surface area contributed by atoms with Crippen molar-refractivity contribution in [2.75, 3.05) is 5.32 Å². The monoisotopic (exact) mass is 374 g/mol. The van der Waals surface area contributed by atoms with E-state index in [1.54, 1.807) is 36.4 Å². The maximum absolute atomic E-state index is 12.9. The van der Waals surface area contributed by atoms with Gasteiger partial charge in [-0.2, -0.15) is 0 Å². The van der Waals surface area contributed by atoms with Crippen molar-refractivity contribution < 1.29 is 14.0 Å². The van der Waals surface area contributed by atoms with E-state index in [9.17, 15) is 9.59 Å². The number of carbonyl (C=O) groups is 2. The summed E-state index contributed by atoms with van der Waals surface area (Å²) in [6, 6.07) is 19.8. The van der Waals surface area contributed by atoms with E-state index in [0.29, 0.717) is 17.0 Å². The molecule has 1 aromatic heterocycles. The summed E-state index contributed by atoms with van der Waals surface area (Å²) < 4.78 is 5.31. The molecule has 0 atom stereocenters. The second kappa shape index (κ2) is 8.86. The first-order valence-electron chi connectivity index (χ1n) is 9.06. The molecule has 0 fully saturated rings. The lowest BCUT2D eigenvalue weighted by molar-refractivity contribution is -0.113. The number of furan rings is 1. The van der Waals surface area contributed by atoms with Gasteiger partial charge in [0.2, 0.25) is 0 Å². The van der Waals surface area contributed by atoms with Gasteiger partial charge in [-0.05, 0) is 41.8 Å². The lowest BCUT2D eigenvalue weighted by Crippen LogP contribution is -2.31. The van der Waals surface area contributed by atoms with Crippen LogP contribution in [0.25, 0.3) is 6.08 Å². The smallest absolute Gasteiger partial charge is 0.272 e. The summed E-state index contributed by atoms with van der Waals surface area (Å²) in [5.41, 5.74) is 2.29. The molecule has 28 heavy (non-hydrogen) atoms. The Kier molecular flexibility index (Phi) is 6.07. The molecule has 0 saturated carbocycles. The van der Waals surface area contributed by atoms with Gasteiger partial charge in [-0.1, -0.05) is 50.2 Å². The molecule has 5 nitrogen and oxygen atoms in total. The molecule has 0 aliphatic heterocycles. The fourth-order valence-electron chi connectivity index (χ4n) is 2.76. The maximum atomic E-state index is 12.9. The van der Waals surface area contributed by atoms with Crippen molar-refractivity contribution in [1.82, 2.24) is 5.32 Å². The number of rotatable bonds is 6. The van der Waals surface area contributed by atoms with Crippen LogP contribution in [0.2, 0.25) is 0 Å². The Morgan fingerprint density at radius 3 is 2.32 bits per heavy atom. The van der Waals surface area contributed by atoms with Gasteiger partial charge in [0.25, 0.3) is 11.8 Å². The quantitative estimate of drug-likeness (QED) is 0.608. The van der Waals surface area contributed by atoms with E-state index in [1.807, 2.05) is 30.3 Å². The lowest BCUT2D eigenvalue weighted by atomic mass is 10.0. The van der Waals surface area contributed by atoms with E-state index in [4.69, 9.17) is 4.42 Å². The second-order valence-corrected chi connectivity index (χ2v) is 6.59. The maximum Gasteiger partial charge on any atom is 0.272 e. The first-order chi connectivity index (χ1) is 13.5. The summed E-state index contributed by atoms with van der Waals surface area (Å²) in [6.45, 7) is 4.11. The highest BCUT2D eigenvalue weighted by Gasteiger charge is 2.17. The Morgan fingerprint density at radius 1 is 0.929 bits per heavy atom.